The molecule has 0 bridgehead atoms. The Hall–Kier alpha value is -2.82. The van der Waals surface area contributed by atoms with Gasteiger partial charge in [0.2, 0.25) is 11.8 Å². The molecule has 0 atom stereocenters. The van der Waals surface area contributed by atoms with E-state index in [2.05, 4.69) is 5.32 Å². The van der Waals surface area contributed by atoms with Crippen molar-refractivity contribution < 1.29 is 14.3 Å². The van der Waals surface area contributed by atoms with Crippen LogP contribution >= 0.6 is 0 Å². The van der Waals surface area contributed by atoms with Gasteiger partial charge in [-0.1, -0.05) is 36.8 Å². The third-order valence-electron chi connectivity index (χ3n) is 4.89. The van der Waals surface area contributed by atoms with Crippen molar-refractivity contribution in [2.45, 2.75) is 32.8 Å². The van der Waals surface area contributed by atoms with Gasteiger partial charge in [-0.3, -0.25) is 9.59 Å². The maximum Gasteiger partial charge on any atom is 0.223 e. The van der Waals surface area contributed by atoms with Gasteiger partial charge in [-0.15, -0.1) is 0 Å². The van der Waals surface area contributed by atoms with E-state index in [4.69, 9.17) is 4.74 Å². The lowest BCUT2D eigenvalue weighted by Crippen LogP contribution is -2.41. The minimum Gasteiger partial charge on any atom is -0.489 e. The smallest absolute Gasteiger partial charge is 0.223 e. The van der Waals surface area contributed by atoms with Crippen LogP contribution in [0.15, 0.2) is 54.6 Å². The number of amides is 2. The highest BCUT2D eigenvalue weighted by Crippen LogP contribution is 2.26. The summed E-state index contributed by atoms with van der Waals surface area (Å²) in [5, 5.41) is 2.93. The molecule has 142 valence electrons. The Kier molecular flexibility index (Phi) is 6.47. The topological polar surface area (TPSA) is 58.6 Å². The van der Waals surface area contributed by atoms with Gasteiger partial charge in [0.05, 0.1) is 0 Å². The van der Waals surface area contributed by atoms with Crippen molar-refractivity contribution in [2.75, 3.05) is 18.0 Å². The summed E-state index contributed by atoms with van der Waals surface area (Å²) in [6.45, 7) is 2.95. The van der Waals surface area contributed by atoms with Gasteiger partial charge in [0, 0.05) is 31.6 Å². The Morgan fingerprint density at radius 3 is 2.37 bits per heavy atom. The van der Waals surface area contributed by atoms with E-state index in [9.17, 15) is 9.59 Å². The Bertz CT molecular complexity index is 755. The number of hydrogen-bond acceptors (Lipinski definition) is 3. The largest absolute Gasteiger partial charge is 0.489 e. The third-order valence-corrected chi connectivity index (χ3v) is 4.89. The maximum absolute atomic E-state index is 12.0. The Balaban J connectivity index is 1.52. The number of rotatable bonds is 8. The molecule has 0 aliphatic heterocycles. The highest BCUT2D eigenvalue weighted by atomic mass is 16.5. The van der Waals surface area contributed by atoms with Crippen LogP contribution in [0, 0.1) is 5.92 Å². The minimum atomic E-state index is -0.0501. The molecule has 5 heteroatoms. The predicted octanol–water partition coefficient (Wildman–Crippen LogP) is 3.53. The van der Waals surface area contributed by atoms with Crippen LogP contribution in [0.1, 0.15) is 31.7 Å². The second-order valence-electron chi connectivity index (χ2n) is 6.86. The van der Waals surface area contributed by atoms with Crippen molar-refractivity contribution in [3.05, 3.63) is 60.2 Å². The summed E-state index contributed by atoms with van der Waals surface area (Å²) >= 11 is 0. The fourth-order valence-electron chi connectivity index (χ4n) is 3.04. The van der Waals surface area contributed by atoms with Gasteiger partial charge in [-0.2, -0.15) is 0 Å². The molecular formula is C22H26N2O3. The second kappa shape index (κ2) is 9.21. The molecule has 0 unspecified atom stereocenters. The fourth-order valence-corrected chi connectivity index (χ4v) is 3.04. The number of nitrogens with zero attached hydrogens (tertiary/aromatic N) is 1. The average Bonchev–Trinajstić information content (AvgIpc) is 2.63. The molecule has 0 heterocycles. The van der Waals surface area contributed by atoms with Crippen molar-refractivity contribution in [1.29, 1.82) is 0 Å². The number of hydrogen-bond donors (Lipinski definition) is 1. The molecule has 1 saturated carbocycles. The first-order valence-electron chi connectivity index (χ1n) is 9.46. The lowest BCUT2D eigenvalue weighted by atomic mass is 9.85. The second-order valence-corrected chi connectivity index (χ2v) is 6.86. The molecule has 1 aliphatic carbocycles. The number of carbonyl (C=O) groups excluding carboxylic acids is 2. The standard InChI is InChI=1S/C22H26N2O3/c1-17(25)24(15-14-23-22(26)19-8-5-9-19)20-10-12-21(13-11-20)27-16-18-6-3-2-4-7-18/h2-4,6-7,10-13,19H,5,8-9,14-16H2,1H3,(H,23,26). The van der Waals surface area contributed by atoms with Crippen LogP contribution in [0.2, 0.25) is 0 Å². The number of benzene rings is 2. The minimum absolute atomic E-state index is 0.0501. The molecule has 5 nitrogen and oxygen atoms in total. The molecule has 0 aromatic heterocycles. The summed E-state index contributed by atoms with van der Waals surface area (Å²) in [5.74, 6) is 0.974. The summed E-state index contributed by atoms with van der Waals surface area (Å²) in [6.07, 6.45) is 3.09. The van der Waals surface area contributed by atoms with Crippen molar-refractivity contribution in [3.8, 4) is 5.75 Å². The summed E-state index contributed by atoms with van der Waals surface area (Å²) < 4.78 is 5.78. The summed E-state index contributed by atoms with van der Waals surface area (Å²) in [4.78, 5) is 25.6. The number of carbonyl (C=O) groups is 2. The molecule has 3 rings (SSSR count). The van der Waals surface area contributed by atoms with Gasteiger partial charge < -0.3 is 15.0 Å². The number of nitrogens with one attached hydrogen (secondary N) is 1. The molecule has 1 N–H and O–H groups in total. The van der Waals surface area contributed by atoms with Gasteiger partial charge in [0.25, 0.3) is 0 Å². The van der Waals surface area contributed by atoms with E-state index in [1.54, 1.807) is 4.90 Å². The van der Waals surface area contributed by atoms with Crippen LogP contribution in [0.4, 0.5) is 5.69 Å². The van der Waals surface area contributed by atoms with Crippen molar-refractivity contribution in [2.24, 2.45) is 5.92 Å². The van der Waals surface area contributed by atoms with Crippen LogP contribution in [0.5, 0.6) is 5.75 Å². The molecule has 2 aromatic rings. The fraction of sp³-hybridized carbons (Fsp3) is 0.364. The maximum atomic E-state index is 12.0. The third kappa shape index (κ3) is 5.33. The molecule has 27 heavy (non-hydrogen) atoms. The highest BCUT2D eigenvalue weighted by molar-refractivity contribution is 5.91. The lowest BCUT2D eigenvalue weighted by Gasteiger charge is -2.26. The molecule has 0 saturated heterocycles. The van der Waals surface area contributed by atoms with E-state index in [1.165, 1.54) is 6.92 Å². The summed E-state index contributed by atoms with van der Waals surface area (Å²) in [6, 6.07) is 17.4. The molecule has 0 spiro atoms. The van der Waals surface area contributed by atoms with Crippen molar-refractivity contribution in [1.82, 2.24) is 5.32 Å². The van der Waals surface area contributed by atoms with Gasteiger partial charge in [-0.25, -0.2) is 0 Å². The zero-order chi connectivity index (χ0) is 19.1. The summed E-state index contributed by atoms with van der Waals surface area (Å²) in [7, 11) is 0. The van der Waals surface area contributed by atoms with Crippen LogP contribution in [0.3, 0.4) is 0 Å². The van der Waals surface area contributed by atoms with Crippen LogP contribution < -0.4 is 15.0 Å². The molecule has 0 radical (unpaired) electrons. The monoisotopic (exact) mass is 366 g/mol. The molecular weight excluding hydrogens is 340 g/mol. The van der Waals surface area contributed by atoms with E-state index in [1.807, 2.05) is 54.6 Å². The Morgan fingerprint density at radius 1 is 1.07 bits per heavy atom. The van der Waals surface area contributed by atoms with E-state index in [0.717, 1.165) is 36.3 Å². The van der Waals surface area contributed by atoms with Gasteiger partial charge in [0.15, 0.2) is 0 Å². The molecule has 2 aromatic carbocycles. The van der Waals surface area contributed by atoms with E-state index < -0.39 is 0 Å². The lowest BCUT2D eigenvalue weighted by molar-refractivity contribution is -0.127. The van der Waals surface area contributed by atoms with E-state index in [0.29, 0.717) is 19.7 Å². The molecule has 1 fully saturated rings. The zero-order valence-corrected chi connectivity index (χ0v) is 15.7. The Morgan fingerprint density at radius 2 is 1.78 bits per heavy atom. The van der Waals surface area contributed by atoms with Crippen molar-refractivity contribution in [3.63, 3.8) is 0 Å². The van der Waals surface area contributed by atoms with Gasteiger partial charge in [-0.05, 0) is 42.7 Å². The SMILES string of the molecule is CC(=O)N(CCNC(=O)C1CCC1)c1ccc(OCc2ccccc2)cc1. The first-order valence-corrected chi connectivity index (χ1v) is 9.46. The van der Waals surface area contributed by atoms with Crippen LogP contribution in [-0.4, -0.2) is 24.9 Å². The first kappa shape index (κ1) is 19.0. The predicted molar refractivity (Wildman–Crippen MR) is 106 cm³/mol. The van der Waals surface area contributed by atoms with Crippen molar-refractivity contribution >= 4 is 17.5 Å². The van der Waals surface area contributed by atoms with Crippen LogP contribution in [-0.2, 0) is 16.2 Å². The number of ether oxygens (including phenoxy) is 1. The molecule has 1 aliphatic rings. The van der Waals surface area contributed by atoms with E-state index in [-0.39, 0.29) is 17.7 Å². The quantitative estimate of drug-likeness (QED) is 0.777. The van der Waals surface area contributed by atoms with Gasteiger partial charge >= 0.3 is 0 Å². The van der Waals surface area contributed by atoms with Crippen LogP contribution in [0.25, 0.3) is 0 Å². The summed E-state index contributed by atoms with van der Waals surface area (Å²) in [5.41, 5.74) is 1.90. The van der Waals surface area contributed by atoms with E-state index >= 15 is 0 Å². The zero-order valence-electron chi connectivity index (χ0n) is 15.7. The first-order chi connectivity index (χ1) is 13.1. The molecule has 2 amide bonds. The highest BCUT2D eigenvalue weighted by Gasteiger charge is 2.24. The number of anilines is 1. The normalized spacial score (nSPS) is 13.5. The van der Waals surface area contributed by atoms with Gasteiger partial charge in [0.1, 0.15) is 12.4 Å². The Labute approximate surface area is 160 Å². The average molecular weight is 366 g/mol.